The van der Waals surface area contributed by atoms with Crippen molar-refractivity contribution in [2.24, 2.45) is 0 Å². The summed E-state index contributed by atoms with van der Waals surface area (Å²) in [5.74, 6) is 0.771. The third-order valence-corrected chi connectivity index (χ3v) is 4.44. The molecule has 0 aliphatic rings. The Morgan fingerprint density at radius 3 is 2.50 bits per heavy atom. The van der Waals surface area contributed by atoms with E-state index in [1.165, 1.54) is 0 Å². The van der Waals surface area contributed by atoms with E-state index >= 15 is 0 Å². The third kappa shape index (κ3) is 4.20. The van der Waals surface area contributed by atoms with Crippen molar-refractivity contribution in [3.05, 3.63) is 77.9 Å². The van der Waals surface area contributed by atoms with Crippen LogP contribution in [-0.2, 0) is 13.0 Å². The summed E-state index contributed by atoms with van der Waals surface area (Å²) in [6.07, 6.45) is -0.828. The van der Waals surface area contributed by atoms with E-state index < -0.39 is 6.09 Å². The molecule has 0 aliphatic carbocycles. The number of anilines is 1. The quantitative estimate of drug-likeness (QED) is 0.504. The third-order valence-electron chi connectivity index (χ3n) is 4.44. The molecule has 0 spiro atoms. The molecule has 1 amide bonds. The fourth-order valence-corrected chi connectivity index (χ4v) is 3.01. The van der Waals surface area contributed by atoms with Gasteiger partial charge in [0.15, 0.2) is 5.65 Å². The van der Waals surface area contributed by atoms with Gasteiger partial charge < -0.3 is 9.84 Å². The zero-order valence-corrected chi connectivity index (χ0v) is 15.8. The molecule has 0 atom stereocenters. The predicted molar refractivity (Wildman–Crippen MR) is 110 cm³/mol. The summed E-state index contributed by atoms with van der Waals surface area (Å²) in [5, 5.41) is 24.0. The molecule has 8 heteroatoms. The van der Waals surface area contributed by atoms with Gasteiger partial charge in [-0.3, -0.25) is 5.32 Å². The molecular weight excluding hydrogens is 382 g/mol. The summed E-state index contributed by atoms with van der Waals surface area (Å²) in [4.78, 5) is 15.0. The molecule has 2 heterocycles. The molecule has 2 N–H and O–H groups in total. The molecule has 0 bridgehead atoms. The van der Waals surface area contributed by atoms with E-state index in [0.717, 1.165) is 28.1 Å². The summed E-state index contributed by atoms with van der Waals surface area (Å²) in [6.45, 7) is 0.415. The minimum Gasteiger partial charge on any atom is -0.489 e. The number of fused-ring (bicyclic) bond motifs is 1. The summed E-state index contributed by atoms with van der Waals surface area (Å²) < 4.78 is 7.40. The van der Waals surface area contributed by atoms with Crippen molar-refractivity contribution < 1.29 is 14.6 Å². The second kappa shape index (κ2) is 8.32. The Bertz CT molecular complexity index is 1220. The first-order valence-electron chi connectivity index (χ1n) is 9.16. The number of ether oxygens (including phenoxy) is 1. The lowest BCUT2D eigenvalue weighted by atomic mass is 10.1. The van der Waals surface area contributed by atoms with Crippen LogP contribution in [0.25, 0.3) is 16.9 Å². The van der Waals surface area contributed by atoms with Gasteiger partial charge >= 0.3 is 6.09 Å². The van der Waals surface area contributed by atoms with Crippen LogP contribution in [-0.4, -0.2) is 25.8 Å². The number of aromatic nitrogens is 3. The Labute approximate surface area is 172 Å². The van der Waals surface area contributed by atoms with Gasteiger partial charge in [-0.05, 0) is 35.4 Å². The average Bonchev–Trinajstić information content (AvgIpc) is 3.15. The fraction of sp³-hybridized carbons (Fsp3) is 0.0909. The standard InChI is InChI=1S/C22H17N5O3/c23-13-12-15-6-10-18(11-7-15)30-14-16-4-8-17(9-5-16)19-2-1-3-20-24-21(25-22(28)29)26-27(19)20/h1-11H,12,14H2,(H,25,26)(H,28,29). The second-order valence-corrected chi connectivity index (χ2v) is 6.51. The van der Waals surface area contributed by atoms with Crippen LogP contribution in [0, 0.1) is 11.3 Å². The van der Waals surface area contributed by atoms with Gasteiger partial charge in [-0.1, -0.05) is 42.5 Å². The van der Waals surface area contributed by atoms with Gasteiger partial charge in [-0.25, -0.2) is 9.31 Å². The van der Waals surface area contributed by atoms with Crippen molar-refractivity contribution in [3.8, 4) is 23.1 Å². The Hall–Kier alpha value is -4.38. The van der Waals surface area contributed by atoms with Crippen LogP contribution in [0.3, 0.4) is 0 Å². The highest BCUT2D eigenvalue weighted by Crippen LogP contribution is 2.22. The monoisotopic (exact) mass is 399 g/mol. The molecule has 0 unspecified atom stereocenters. The maximum absolute atomic E-state index is 10.8. The molecule has 4 aromatic rings. The highest BCUT2D eigenvalue weighted by Gasteiger charge is 2.10. The molecule has 0 saturated carbocycles. The van der Waals surface area contributed by atoms with Crippen LogP contribution in [0.1, 0.15) is 11.1 Å². The van der Waals surface area contributed by atoms with Gasteiger partial charge in [0.05, 0.1) is 18.2 Å². The molecule has 0 saturated heterocycles. The molecule has 0 fully saturated rings. The van der Waals surface area contributed by atoms with Crippen molar-refractivity contribution in [2.45, 2.75) is 13.0 Å². The molecule has 30 heavy (non-hydrogen) atoms. The summed E-state index contributed by atoms with van der Waals surface area (Å²) >= 11 is 0. The van der Waals surface area contributed by atoms with Gasteiger partial charge in [0.25, 0.3) is 5.95 Å². The maximum atomic E-state index is 10.8. The van der Waals surface area contributed by atoms with Crippen molar-refractivity contribution in [1.82, 2.24) is 14.6 Å². The van der Waals surface area contributed by atoms with Crippen molar-refractivity contribution in [1.29, 1.82) is 5.26 Å². The Morgan fingerprint density at radius 1 is 1.07 bits per heavy atom. The van der Waals surface area contributed by atoms with E-state index in [0.29, 0.717) is 18.7 Å². The van der Waals surface area contributed by atoms with Crippen molar-refractivity contribution in [2.75, 3.05) is 5.32 Å². The number of pyridine rings is 1. The number of amides is 1. The zero-order valence-electron chi connectivity index (χ0n) is 15.8. The van der Waals surface area contributed by atoms with Crippen LogP contribution in [0.2, 0.25) is 0 Å². The molecule has 8 nitrogen and oxygen atoms in total. The van der Waals surface area contributed by atoms with Gasteiger partial charge in [0.2, 0.25) is 0 Å². The highest BCUT2D eigenvalue weighted by atomic mass is 16.5. The molecule has 0 aliphatic heterocycles. The first kappa shape index (κ1) is 19.0. The van der Waals surface area contributed by atoms with E-state index in [1.807, 2.05) is 60.7 Å². The molecular formula is C22H17N5O3. The number of nitrogens with one attached hydrogen (secondary N) is 1. The number of hydrogen-bond donors (Lipinski definition) is 2. The highest BCUT2D eigenvalue weighted by molar-refractivity contribution is 5.80. The first-order chi connectivity index (χ1) is 14.6. The number of carboxylic acid groups (broad SMARTS) is 1. The fourth-order valence-electron chi connectivity index (χ4n) is 3.01. The van der Waals surface area contributed by atoms with Gasteiger partial charge in [-0.15, -0.1) is 5.10 Å². The molecule has 0 radical (unpaired) electrons. The van der Waals surface area contributed by atoms with E-state index in [2.05, 4.69) is 21.5 Å². The van der Waals surface area contributed by atoms with Gasteiger partial charge in [0, 0.05) is 5.56 Å². The maximum Gasteiger partial charge on any atom is 0.411 e. The lowest BCUT2D eigenvalue weighted by Crippen LogP contribution is -2.08. The number of hydrogen-bond acceptors (Lipinski definition) is 5. The summed E-state index contributed by atoms with van der Waals surface area (Å²) in [7, 11) is 0. The van der Waals surface area contributed by atoms with E-state index in [-0.39, 0.29) is 5.95 Å². The van der Waals surface area contributed by atoms with Crippen LogP contribution in [0.15, 0.2) is 66.7 Å². The first-order valence-corrected chi connectivity index (χ1v) is 9.16. The average molecular weight is 399 g/mol. The smallest absolute Gasteiger partial charge is 0.411 e. The minimum atomic E-state index is -1.21. The Kier molecular flexibility index (Phi) is 5.26. The number of carbonyl (C=O) groups is 1. The number of rotatable bonds is 6. The lowest BCUT2D eigenvalue weighted by Gasteiger charge is -2.08. The van der Waals surface area contributed by atoms with Crippen molar-refractivity contribution in [3.63, 3.8) is 0 Å². The predicted octanol–water partition coefficient (Wildman–Crippen LogP) is 4.13. The largest absolute Gasteiger partial charge is 0.489 e. The molecule has 2 aromatic heterocycles. The number of nitrogens with zero attached hydrogens (tertiary/aromatic N) is 4. The topological polar surface area (TPSA) is 113 Å². The molecule has 2 aromatic carbocycles. The van der Waals surface area contributed by atoms with Crippen molar-refractivity contribution >= 4 is 17.7 Å². The molecule has 148 valence electrons. The molecule has 4 rings (SSSR count). The van der Waals surface area contributed by atoms with Gasteiger partial charge in [0.1, 0.15) is 12.4 Å². The van der Waals surface area contributed by atoms with Crippen LogP contribution in [0.4, 0.5) is 10.7 Å². The number of benzene rings is 2. The summed E-state index contributed by atoms with van der Waals surface area (Å²) in [5.41, 5.74) is 4.21. The SMILES string of the molecule is N#CCc1ccc(OCc2ccc(-c3cccc4nc(NC(=O)O)nn34)cc2)cc1. The van der Waals surface area contributed by atoms with E-state index in [1.54, 1.807) is 10.6 Å². The van der Waals surface area contributed by atoms with Crippen LogP contribution < -0.4 is 10.1 Å². The van der Waals surface area contributed by atoms with Gasteiger partial charge in [-0.2, -0.15) is 10.2 Å². The van der Waals surface area contributed by atoms with Crippen LogP contribution >= 0.6 is 0 Å². The number of nitriles is 1. The Morgan fingerprint density at radius 2 is 1.80 bits per heavy atom. The van der Waals surface area contributed by atoms with E-state index in [4.69, 9.17) is 15.1 Å². The summed E-state index contributed by atoms with van der Waals surface area (Å²) in [6, 6.07) is 22.9. The lowest BCUT2D eigenvalue weighted by molar-refractivity contribution is 0.209. The second-order valence-electron chi connectivity index (χ2n) is 6.51. The zero-order chi connectivity index (χ0) is 20.9. The minimum absolute atomic E-state index is 0.0285. The Balaban J connectivity index is 1.49. The van der Waals surface area contributed by atoms with E-state index in [9.17, 15) is 4.79 Å². The normalized spacial score (nSPS) is 10.5. The van der Waals surface area contributed by atoms with Crippen LogP contribution in [0.5, 0.6) is 5.75 Å².